The molecule has 2 fully saturated rings. The van der Waals surface area contributed by atoms with Crippen molar-refractivity contribution >= 4 is 0 Å². The zero-order valence-electron chi connectivity index (χ0n) is 12.2. The van der Waals surface area contributed by atoms with E-state index in [1.54, 1.807) is 6.07 Å². The lowest BCUT2D eigenvalue weighted by atomic mass is 9.95. The number of benzene rings is 1. The van der Waals surface area contributed by atoms with Gasteiger partial charge in [0, 0.05) is 24.7 Å². The molecule has 3 rings (SSSR count). The first kappa shape index (κ1) is 14.0. The van der Waals surface area contributed by atoms with Crippen molar-refractivity contribution in [1.29, 1.82) is 0 Å². The highest BCUT2D eigenvalue weighted by Gasteiger charge is 2.33. The van der Waals surface area contributed by atoms with Crippen LogP contribution in [0.1, 0.15) is 49.7 Å². The van der Waals surface area contributed by atoms with Gasteiger partial charge in [-0.15, -0.1) is 0 Å². The smallest absolute Gasteiger partial charge is 0.127 e. The number of rotatable bonds is 4. The normalized spacial score (nSPS) is 24.6. The Morgan fingerprint density at radius 3 is 2.70 bits per heavy atom. The van der Waals surface area contributed by atoms with E-state index in [4.69, 9.17) is 5.73 Å². The number of hydrogen-bond acceptors (Lipinski definition) is 2. The molecular formula is C17H25FN2. The van der Waals surface area contributed by atoms with Gasteiger partial charge in [0.05, 0.1) is 0 Å². The molecule has 1 aliphatic carbocycles. The van der Waals surface area contributed by atoms with E-state index in [1.807, 2.05) is 12.1 Å². The van der Waals surface area contributed by atoms with Gasteiger partial charge in [0.25, 0.3) is 0 Å². The lowest BCUT2D eigenvalue weighted by molar-refractivity contribution is 0.183. The predicted molar refractivity (Wildman–Crippen MR) is 79.7 cm³/mol. The molecule has 1 aliphatic heterocycles. The molecule has 0 bridgehead atoms. The van der Waals surface area contributed by atoms with Crippen LogP contribution in [-0.2, 0) is 13.1 Å². The van der Waals surface area contributed by atoms with Crippen molar-refractivity contribution in [3.63, 3.8) is 0 Å². The molecule has 1 unspecified atom stereocenters. The molecule has 2 aliphatic rings. The molecule has 0 radical (unpaired) electrons. The number of nitrogens with zero attached hydrogens (tertiary/aromatic N) is 1. The Morgan fingerprint density at radius 2 is 1.95 bits per heavy atom. The Kier molecular flexibility index (Phi) is 4.37. The van der Waals surface area contributed by atoms with Gasteiger partial charge in [0.1, 0.15) is 5.82 Å². The van der Waals surface area contributed by atoms with Crippen LogP contribution in [0.15, 0.2) is 18.2 Å². The van der Waals surface area contributed by atoms with E-state index in [0.717, 1.165) is 18.5 Å². The zero-order chi connectivity index (χ0) is 13.9. The SMILES string of the molecule is NCc1cc(CN2CCCC2C2CCCC2)ccc1F. The molecule has 0 amide bonds. The van der Waals surface area contributed by atoms with E-state index in [1.165, 1.54) is 50.6 Å². The maximum Gasteiger partial charge on any atom is 0.127 e. The van der Waals surface area contributed by atoms with E-state index in [0.29, 0.717) is 5.56 Å². The molecule has 1 aromatic rings. The summed E-state index contributed by atoms with van der Waals surface area (Å²) in [7, 11) is 0. The quantitative estimate of drug-likeness (QED) is 0.912. The third-order valence-corrected chi connectivity index (χ3v) is 5.07. The van der Waals surface area contributed by atoms with E-state index < -0.39 is 0 Å². The Morgan fingerprint density at radius 1 is 1.15 bits per heavy atom. The van der Waals surface area contributed by atoms with E-state index in [-0.39, 0.29) is 12.4 Å². The first-order valence-corrected chi connectivity index (χ1v) is 7.99. The summed E-state index contributed by atoms with van der Waals surface area (Å²) >= 11 is 0. The fourth-order valence-corrected chi connectivity index (χ4v) is 4.04. The second-order valence-corrected chi connectivity index (χ2v) is 6.35. The molecule has 2 N–H and O–H groups in total. The Hall–Kier alpha value is -0.930. The fourth-order valence-electron chi connectivity index (χ4n) is 4.04. The summed E-state index contributed by atoms with van der Waals surface area (Å²) in [6.45, 7) is 2.43. The average Bonchev–Trinajstić information content (AvgIpc) is 3.11. The number of likely N-dealkylation sites (tertiary alicyclic amines) is 1. The third kappa shape index (κ3) is 2.89. The van der Waals surface area contributed by atoms with Crippen LogP contribution in [0, 0.1) is 11.7 Å². The van der Waals surface area contributed by atoms with Gasteiger partial charge < -0.3 is 5.73 Å². The predicted octanol–water partition coefficient (Wildman–Crippen LogP) is 3.44. The standard InChI is InChI=1S/C17H25FN2/c18-16-8-7-13(10-15(16)11-19)12-20-9-3-6-17(20)14-4-1-2-5-14/h7-8,10,14,17H,1-6,9,11-12,19H2. The largest absolute Gasteiger partial charge is 0.326 e. The summed E-state index contributed by atoms with van der Waals surface area (Å²) in [4.78, 5) is 2.61. The highest BCUT2D eigenvalue weighted by Crippen LogP contribution is 2.36. The first-order chi connectivity index (χ1) is 9.78. The van der Waals surface area contributed by atoms with Crippen LogP contribution in [0.5, 0.6) is 0 Å². The van der Waals surface area contributed by atoms with Crippen LogP contribution < -0.4 is 5.73 Å². The first-order valence-electron chi connectivity index (χ1n) is 7.99. The van der Waals surface area contributed by atoms with Crippen LogP contribution in [0.2, 0.25) is 0 Å². The summed E-state index contributed by atoms with van der Waals surface area (Å²) < 4.78 is 13.5. The van der Waals surface area contributed by atoms with Crippen molar-refractivity contribution in [3.05, 3.63) is 35.1 Å². The number of nitrogens with two attached hydrogens (primary N) is 1. The Balaban J connectivity index is 1.69. The van der Waals surface area contributed by atoms with Crippen molar-refractivity contribution in [1.82, 2.24) is 4.90 Å². The van der Waals surface area contributed by atoms with E-state index in [9.17, 15) is 4.39 Å². The van der Waals surface area contributed by atoms with Crippen LogP contribution >= 0.6 is 0 Å². The molecule has 1 heterocycles. The van der Waals surface area contributed by atoms with E-state index >= 15 is 0 Å². The average molecular weight is 276 g/mol. The van der Waals surface area contributed by atoms with Gasteiger partial charge in [-0.05, 0) is 49.8 Å². The van der Waals surface area contributed by atoms with Crippen LogP contribution in [0.25, 0.3) is 0 Å². The molecule has 0 aromatic heterocycles. The molecule has 1 aromatic carbocycles. The molecular weight excluding hydrogens is 251 g/mol. The topological polar surface area (TPSA) is 29.3 Å². The van der Waals surface area contributed by atoms with Crippen molar-refractivity contribution in [2.45, 2.75) is 57.7 Å². The zero-order valence-corrected chi connectivity index (χ0v) is 12.2. The fraction of sp³-hybridized carbons (Fsp3) is 0.647. The van der Waals surface area contributed by atoms with Crippen molar-refractivity contribution in [2.75, 3.05) is 6.54 Å². The summed E-state index contributed by atoms with van der Waals surface area (Å²) in [6, 6.07) is 6.18. The summed E-state index contributed by atoms with van der Waals surface area (Å²) in [5.74, 6) is 0.719. The van der Waals surface area contributed by atoms with Gasteiger partial charge >= 0.3 is 0 Å². The summed E-state index contributed by atoms with van der Waals surface area (Å²) in [6.07, 6.45) is 8.27. The highest BCUT2D eigenvalue weighted by atomic mass is 19.1. The summed E-state index contributed by atoms with van der Waals surface area (Å²) in [5, 5.41) is 0. The number of halogens is 1. The van der Waals surface area contributed by atoms with Crippen LogP contribution in [0.4, 0.5) is 4.39 Å². The molecule has 110 valence electrons. The maximum atomic E-state index is 13.5. The third-order valence-electron chi connectivity index (χ3n) is 5.07. The highest BCUT2D eigenvalue weighted by molar-refractivity contribution is 5.25. The number of hydrogen-bond donors (Lipinski definition) is 1. The Bertz CT molecular complexity index is 454. The van der Waals surface area contributed by atoms with E-state index in [2.05, 4.69) is 4.90 Å². The molecule has 1 saturated heterocycles. The van der Waals surface area contributed by atoms with Crippen LogP contribution in [-0.4, -0.2) is 17.5 Å². The second-order valence-electron chi connectivity index (χ2n) is 6.35. The molecule has 1 saturated carbocycles. The second kappa shape index (κ2) is 6.23. The van der Waals surface area contributed by atoms with Crippen molar-refractivity contribution in [3.8, 4) is 0 Å². The van der Waals surface area contributed by atoms with Gasteiger partial charge in [-0.2, -0.15) is 0 Å². The lowest BCUT2D eigenvalue weighted by Gasteiger charge is -2.29. The maximum absolute atomic E-state index is 13.5. The molecule has 0 spiro atoms. The lowest BCUT2D eigenvalue weighted by Crippen LogP contribution is -2.34. The molecule has 2 nitrogen and oxygen atoms in total. The van der Waals surface area contributed by atoms with Gasteiger partial charge in [-0.1, -0.05) is 25.0 Å². The van der Waals surface area contributed by atoms with Gasteiger partial charge in [0.2, 0.25) is 0 Å². The molecule has 1 atom stereocenters. The minimum Gasteiger partial charge on any atom is -0.326 e. The minimum absolute atomic E-state index is 0.176. The van der Waals surface area contributed by atoms with Gasteiger partial charge in [-0.25, -0.2) is 4.39 Å². The molecule has 20 heavy (non-hydrogen) atoms. The minimum atomic E-state index is -0.176. The van der Waals surface area contributed by atoms with Crippen molar-refractivity contribution < 1.29 is 4.39 Å². The van der Waals surface area contributed by atoms with Crippen molar-refractivity contribution in [2.24, 2.45) is 11.7 Å². The summed E-state index contributed by atoms with van der Waals surface area (Å²) in [5.41, 5.74) is 7.44. The monoisotopic (exact) mass is 276 g/mol. The van der Waals surface area contributed by atoms with Gasteiger partial charge in [0.15, 0.2) is 0 Å². The van der Waals surface area contributed by atoms with Gasteiger partial charge in [-0.3, -0.25) is 4.90 Å². The van der Waals surface area contributed by atoms with Crippen LogP contribution in [0.3, 0.4) is 0 Å². The Labute approximate surface area is 121 Å². The molecule has 3 heteroatoms.